The summed E-state index contributed by atoms with van der Waals surface area (Å²) in [6.07, 6.45) is 22.6. The van der Waals surface area contributed by atoms with Gasteiger partial charge in [-0.1, -0.05) is 96.8 Å². The van der Waals surface area contributed by atoms with E-state index in [1.54, 1.807) is 0 Å². The number of amidine groups is 1. The van der Waals surface area contributed by atoms with Gasteiger partial charge in [-0.05, 0) is 6.42 Å². The molecule has 0 aliphatic carbocycles. The van der Waals surface area contributed by atoms with Gasteiger partial charge < -0.3 is 5.73 Å². The van der Waals surface area contributed by atoms with Crippen molar-refractivity contribution in [1.29, 1.82) is 0 Å². The highest BCUT2D eigenvalue weighted by molar-refractivity contribution is 5.76. The summed E-state index contributed by atoms with van der Waals surface area (Å²) < 4.78 is 1.01. The molecule has 1 unspecified atom stereocenters. The first-order chi connectivity index (χ1) is 12.7. The van der Waals surface area contributed by atoms with Gasteiger partial charge in [-0.2, -0.15) is 0 Å². The van der Waals surface area contributed by atoms with Crippen LogP contribution in [-0.2, 0) is 0 Å². The van der Waals surface area contributed by atoms with Gasteiger partial charge in [-0.15, -0.1) is 0 Å². The fraction of sp³-hybridized carbons (Fsp3) is 0.957. The molecule has 3 nitrogen and oxygen atoms in total. The van der Waals surface area contributed by atoms with E-state index in [0.717, 1.165) is 30.7 Å². The minimum absolute atomic E-state index is 0.772. The Morgan fingerprint density at radius 3 is 1.69 bits per heavy atom. The lowest BCUT2D eigenvalue weighted by Crippen LogP contribution is -2.49. The summed E-state index contributed by atoms with van der Waals surface area (Å²) in [5.41, 5.74) is 5.77. The maximum Gasteiger partial charge on any atom is 0.198 e. The molecule has 1 aliphatic heterocycles. The molecule has 1 heterocycles. The molecule has 0 bridgehead atoms. The van der Waals surface area contributed by atoms with Crippen LogP contribution in [0.2, 0.25) is 0 Å². The number of aliphatic imine (C=N–C) groups is 1. The highest BCUT2D eigenvalue weighted by Gasteiger charge is 2.31. The Balaban J connectivity index is 1.83. The first-order valence-electron chi connectivity index (χ1n) is 11.8. The Labute approximate surface area is 164 Å². The number of nitrogens with zero attached hydrogens (tertiary/aromatic N) is 2. The second kappa shape index (κ2) is 15.6. The maximum atomic E-state index is 5.77. The predicted octanol–water partition coefficient (Wildman–Crippen LogP) is 6.07. The summed E-state index contributed by atoms with van der Waals surface area (Å²) in [5.74, 6) is 1.41. The van der Waals surface area contributed by atoms with Crippen LogP contribution in [0.15, 0.2) is 4.99 Å². The third-order valence-corrected chi connectivity index (χ3v) is 6.14. The van der Waals surface area contributed by atoms with Crippen molar-refractivity contribution in [2.75, 3.05) is 33.2 Å². The summed E-state index contributed by atoms with van der Waals surface area (Å²) in [6.45, 7) is 6.28. The molecule has 0 radical (unpaired) electrons. The molecule has 0 aromatic rings. The smallest absolute Gasteiger partial charge is 0.198 e. The molecule has 2 N–H and O–H groups in total. The molecule has 1 atom stereocenters. The Hall–Kier alpha value is -0.410. The number of hydrogen-bond donors (Lipinski definition) is 1. The van der Waals surface area contributed by atoms with Crippen LogP contribution in [0, 0.1) is 0 Å². The summed E-state index contributed by atoms with van der Waals surface area (Å²) >= 11 is 0. The molecular formula is C23H48N3+. The van der Waals surface area contributed by atoms with Crippen LogP contribution in [0.25, 0.3) is 0 Å². The average Bonchev–Trinajstić information content (AvgIpc) is 2.99. The molecule has 3 heteroatoms. The third-order valence-electron chi connectivity index (χ3n) is 6.14. The zero-order valence-corrected chi connectivity index (χ0v) is 18.1. The largest absolute Gasteiger partial charge is 0.326 e. The van der Waals surface area contributed by atoms with Gasteiger partial charge in [-0.3, -0.25) is 4.48 Å². The predicted molar refractivity (Wildman–Crippen MR) is 117 cm³/mol. The van der Waals surface area contributed by atoms with Gasteiger partial charge in [0.05, 0.1) is 20.1 Å². The fourth-order valence-electron chi connectivity index (χ4n) is 4.23. The number of unbranched alkanes of at least 4 members (excludes halogenated alkanes) is 14. The molecular weight excluding hydrogens is 318 g/mol. The van der Waals surface area contributed by atoms with E-state index in [9.17, 15) is 0 Å². The summed E-state index contributed by atoms with van der Waals surface area (Å²) in [4.78, 5) is 4.74. The van der Waals surface area contributed by atoms with E-state index in [1.165, 1.54) is 109 Å². The van der Waals surface area contributed by atoms with Gasteiger partial charge in [0.15, 0.2) is 5.84 Å². The molecule has 26 heavy (non-hydrogen) atoms. The zero-order chi connectivity index (χ0) is 18.9. The summed E-state index contributed by atoms with van der Waals surface area (Å²) in [6, 6.07) is 0. The first kappa shape index (κ1) is 23.6. The Morgan fingerprint density at radius 1 is 0.769 bits per heavy atom. The Bertz CT molecular complexity index is 353. The number of likely N-dealkylation sites (N-methyl/N-ethyl adjacent to an activating group) is 1. The molecule has 0 saturated carbocycles. The van der Waals surface area contributed by atoms with E-state index >= 15 is 0 Å². The summed E-state index contributed by atoms with van der Waals surface area (Å²) in [5, 5.41) is 0. The monoisotopic (exact) mass is 366 g/mol. The number of rotatable bonds is 18. The van der Waals surface area contributed by atoms with Crippen molar-refractivity contribution in [2.45, 2.75) is 110 Å². The molecule has 0 spiro atoms. The quantitative estimate of drug-likeness (QED) is 0.232. The Morgan fingerprint density at radius 2 is 1.23 bits per heavy atom. The van der Waals surface area contributed by atoms with Gasteiger partial charge in [0.2, 0.25) is 0 Å². The van der Waals surface area contributed by atoms with Crippen molar-refractivity contribution in [2.24, 2.45) is 10.7 Å². The van der Waals surface area contributed by atoms with Crippen LogP contribution < -0.4 is 5.73 Å². The lowest BCUT2D eigenvalue weighted by Gasteiger charge is -2.29. The van der Waals surface area contributed by atoms with Crippen molar-refractivity contribution < 1.29 is 4.48 Å². The van der Waals surface area contributed by atoms with E-state index in [2.05, 4.69) is 14.0 Å². The third kappa shape index (κ3) is 10.7. The molecule has 0 saturated heterocycles. The highest BCUT2D eigenvalue weighted by Crippen LogP contribution is 2.18. The fourth-order valence-corrected chi connectivity index (χ4v) is 4.23. The van der Waals surface area contributed by atoms with E-state index < -0.39 is 0 Å². The van der Waals surface area contributed by atoms with Crippen LogP contribution in [0.3, 0.4) is 0 Å². The van der Waals surface area contributed by atoms with E-state index in [1.807, 2.05) is 0 Å². The molecule has 0 amide bonds. The highest BCUT2D eigenvalue weighted by atomic mass is 15.4. The van der Waals surface area contributed by atoms with Crippen LogP contribution in [0.4, 0.5) is 0 Å². The molecule has 154 valence electrons. The van der Waals surface area contributed by atoms with Crippen molar-refractivity contribution in [1.82, 2.24) is 0 Å². The van der Waals surface area contributed by atoms with E-state index in [0.29, 0.717) is 0 Å². The topological polar surface area (TPSA) is 38.4 Å². The van der Waals surface area contributed by atoms with Gasteiger partial charge >= 0.3 is 0 Å². The zero-order valence-electron chi connectivity index (χ0n) is 18.1. The normalized spacial score (nSPS) is 19.9. The lowest BCUT2D eigenvalue weighted by molar-refractivity contribution is -0.813. The lowest BCUT2D eigenvalue weighted by atomic mass is 10.0. The summed E-state index contributed by atoms with van der Waals surface area (Å²) in [7, 11) is 2.31. The van der Waals surface area contributed by atoms with Crippen molar-refractivity contribution >= 4 is 5.84 Å². The van der Waals surface area contributed by atoms with Crippen LogP contribution in [0.5, 0.6) is 0 Å². The Kier molecular flexibility index (Phi) is 14.2. The maximum absolute atomic E-state index is 5.77. The molecule has 1 rings (SSSR count). The van der Waals surface area contributed by atoms with Gasteiger partial charge in [0.1, 0.15) is 6.54 Å². The average molecular weight is 367 g/mol. The SMILES string of the molecule is CCCCCCCCCCCCCCCCCC1=NCC[N+]1(C)CCN. The van der Waals surface area contributed by atoms with Gasteiger partial charge in [0.25, 0.3) is 0 Å². The van der Waals surface area contributed by atoms with Crippen LogP contribution in [0.1, 0.15) is 110 Å². The van der Waals surface area contributed by atoms with Gasteiger partial charge in [-0.25, -0.2) is 4.99 Å². The van der Waals surface area contributed by atoms with Crippen LogP contribution in [-0.4, -0.2) is 43.5 Å². The first-order valence-corrected chi connectivity index (χ1v) is 11.8. The second-order valence-corrected chi connectivity index (χ2v) is 8.63. The minimum atomic E-state index is 0.772. The second-order valence-electron chi connectivity index (χ2n) is 8.63. The van der Waals surface area contributed by atoms with Crippen LogP contribution >= 0.6 is 0 Å². The molecule has 0 aromatic heterocycles. The number of quaternary nitrogens is 1. The van der Waals surface area contributed by atoms with E-state index in [-0.39, 0.29) is 0 Å². The number of nitrogens with two attached hydrogens (primary N) is 1. The van der Waals surface area contributed by atoms with Gasteiger partial charge in [0, 0.05) is 13.0 Å². The van der Waals surface area contributed by atoms with Crippen molar-refractivity contribution in [3.63, 3.8) is 0 Å². The number of hydrogen-bond acceptors (Lipinski definition) is 2. The van der Waals surface area contributed by atoms with Crippen molar-refractivity contribution in [3.8, 4) is 0 Å². The molecule has 0 aromatic carbocycles. The van der Waals surface area contributed by atoms with Crippen molar-refractivity contribution in [3.05, 3.63) is 0 Å². The minimum Gasteiger partial charge on any atom is -0.326 e. The molecule has 0 fully saturated rings. The standard InChI is InChI=1S/C23H48N3/c1-3-4-5-6-7-8-9-10-11-12-13-14-15-16-17-18-23-25-20-22-26(23,2)21-19-24/h3-22,24H2,1-2H3/q+1. The molecule has 1 aliphatic rings. The van der Waals surface area contributed by atoms with E-state index in [4.69, 9.17) is 10.7 Å².